The number of aromatic nitrogens is 3. The number of carbonyl (C=O) groups excluding carboxylic acids is 1. The number of aliphatic hydroxyl groups is 2. The molecule has 0 aromatic carbocycles. The Morgan fingerprint density at radius 3 is 2.97 bits per heavy atom. The average Bonchev–Trinajstić information content (AvgIpc) is 3.35. The molecule has 0 saturated carbocycles. The van der Waals surface area contributed by atoms with Gasteiger partial charge in [0.25, 0.3) is 0 Å². The van der Waals surface area contributed by atoms with E-state index in [9.17, 15) is 20.3 Å². The van der Waals surface area contributed by atoms with Crippen LogP contribution < -0.4 is 11.1 Å². The van der Waals surface area contributed by atoms with Crippen molar-refractivity contribution >= 4 is 17.3 Å². The molecule has 2 aromatic rings. The number of hydrogen-bond donors (Lipinski definition) is 4. The van der Waals surface area contributed by atoms with Gasteiger partial charge in [0.2, 0.25) is 5.60 Å². The Morgan fingerprint density at radius 2 is 2.24 bits per heavy atom. The average molecular weight is 464 g/mol. The summed E-state index contributed by atoms with van der Waals surface area (Å²) < 4.78 is 22.7. The van der Waals surface area contributed by atoms with Crippen LogP contribution in [0.1, 0.15) is 25.1 Å². The lowest BCUT2D eigenvalue weighted by Crippen LogP contribution is -2.47. The largest absolute Gasteiger partial charge is 0.464 e. The Labute approximate surface area is 190 Å². The van der Waals surface area contributed by atoms with Gasteiger partial charge in [-0.25, -0.2) is 9.50 Å². The smallest absolute Gasteiger partial charge is 0.322 e. The van der Waals surface area contributed by atoms with E-state index in [0.29, 0.717) is 24.2 Å². The van der Waals surface area contributed by atoms with Gasteiger partial charge >= 0.3 is 5.97 Å². The Bertz CT molecular complexity index is 995. The number of nitrogens with two attached hydrogens (primary N) is 1. The predicted molar refractivity (Wildman–Crippen MR) is 112 cm³/mol. The van der Waals surface area contributed by atoms with Gasteiger partial charge in [-0.05, 0) is 19.1 Å². The molecular weight excluding hydrogens is 436 g/mol. The molecular formula is C20H28N6O7. The van der Waals surface area contributed by atoms with E-state index >= 15 is 0 Å². The molecule has 2 aromatic heterocycles. The summed E-state index contributed by atoms with van der Waals surface area (Å²) in [4.78, 5) is 15.8. The molecule has 0 aliphatic carbocycles. The highest BCUT2D eigenvalue weighted by Crippen LogP contribution is 2.40. The molecule has 5 N–H and O–H groups in total. The summed E-state index contributed by atoms with van der Waals surface area (Å²) in [5.74, 6) is -0.227. The number of fused-ring (bicyclic) bond motifs is 1. The summed E-state index contributed by atoms with van der Waals surface area (Å²) in [7, 11) is 1.56. The third-order valence-corrected chi connectivity index (χ3v) is 5.34. The Balaban J connectivity index is 1.58. The first-order valence-corrected chi connectivity index (χ1v) is 10.3. The van der Waals surface area contributed by atoms with Crippen LogP contribution in [0.3, 0.4) is 0 Å². The lowest BCUT2D eigenvalue weighted by atomic mass is 9.96. The van der Waals surface area contributed by atoms with Crippen molar-refractivity contribution < 1.29 is 34.0 Å². The molecule has 0 spiro atoms. The summed E-state index contributed by atoms with van der Waals surface area (Å²) in [5, 5.41) is 37.8. The molecule has 0 bridgehead atoms. The predicted octanol–water partition coefficient (Wildman–Crippen LogP) is -1.10. The van der Waals surface area contributed by atoms with Crippen molar-refractivity contribution in [2.75, 3.05) is 39.4 Å². The number of nitrogens with one attached hydrogen (secondary N) is 1. The van der Waals surface area contributed by atoms with Crippen LogP contribution in [-0.2, 0) is 23.7 Å². The normalized spacial score (nSPS) is 25.7. The number of aliphatic hydroxyl groups excluding tert-OH is 2. The molecule has 33 heavy (non-hydrogen) atoms. The Kier molecular flexibility index (Phi) is 8.14. The third kappa shape index (κ3) is 5.22. The molecule has 0 radical (unpaired) electrons. The van der Waals surface area contributed by atoms with Crippen LogP contribution in [0.4, 0.5) is 5.82 Å². The number of ether oxygens (including phenoxy) is 4. The maximum Gasteiger partial charge on any atom is 0.322 e. The fourth-order valence-electron chi connectivity index (χ4n) is 3.45. The van der Waals surface area contributed by atoms with Crippen LogP contribution in [0.25, 0.3) is 5.52 Å². The lowest BCUT2D eigenvalue weighted by molar-refractivity contribution is -0.147. The second-order valence-corrected chi connectivity index (χ2v) is 7.61. The molecule has 3 rings (SSSR count). The number of hydrogen-bond acceptors (Lipinski definition) is 12. The van der Waals surface area contributed by atoms with Crippen molar-refractivity contribution in [3.05, 3.63) is 24.2 Å². The first kappa shape index (κ1) is 24.8. The first-order valence-electron chi connectivity index (χ1n) is 10.3. The van der Waals surface area contributed by atoms with E-state index in [2.05, 4.69) is 15.4 Å². The van der Waals surface area contributed by atoms with Crippen LogP contribution in [0, 0.1) is 11.3 Å². The van der Waals surface area contributed by atoms with E-state index in [0.717, 1.165) is 0 Å². The number of methoxy groups -OCH3 is 1. The van der Waals surface area contributed by atoms with Gasteiger partial charge in [-0.15, -0.1) is 0 Å². The number of nitrogens with zero attached hydrogens (tertiary/aromatic N) is 4. The maximum absolute atomic E-state index is 11.9. The van der Waals surface area contributed by atoms with E-state index in [1.54, 1.807) is 26.2 Å². The highest BCUT2D eigenvalue weighted by Gasteiger charge is 2.56. The van der Waals surface area contributed by atoms with Gasteiger partial charge in [-0.1, -0.05) is 0 Å². The number of nitriles is 1. The van der Waals surface area contributed by atoms with Gasteiger partial charge in [-0.3, -0.25) is 10.1 Å². The van der Waals surface area contributed by atoms with Gasteiger partial charge < -0.3 is 34.9 Å². The summed E-state index contributed by atoms with van der Waals surface area (Å²) >= 11 is 0. The van der Waals surface area contributed by atoms with E-state index in [1.807, 2.05) is 6.07 Å². The van der Waals surface area contributed by atoms with Crippen molar-refractivity contribution in [2.45, 2.75) is 43.3 Å². The second kappa shape index (κ2) is 10.8. The van der Waals surface area contributed by atoms with E-state index in [-0.39, 0.29) is 25.8 Å². The van der Waals surface area contributed by atoms with Crippen LogP contribution in [0.15, 0.2) is 18.5 Å². The van der Waals surface area contributed by atoms with Crippen molar-refractivity contribution in [3.8, 4) is 6.07 Å². The zero-order valence-electron chi connectivity index (χ0n) is 18.4. The minimum absolute atomic E-state index is 0.119. The van der Waals surface area contributed by atoms with Crippen molar-refractivity contribution in [1.82, 2.24) is 19.9 Å². The van der Waals surface area contributed by atoms with Crippen molar-refractivity contribution in [2.24, 2.45) is 0 Å². The minimum Gasteiger partial charge on any atom is -0.464 e. The Morgan fingerprint density at radius 1 is 1.45 bits per heavy atom. The standard InChI is InChI=1S/C20H28N6O7/c1-12(19(29)32-7-3-6-30-2)24-11-31-9-20(8-21)17(28)15(27)16(33-20)13-4-5-14-18(22)23-10-25-26(13)14/h4-5,10,12,15-17,24,27-28H,3,6-7,9,11H2,1-2H3,(H2,22,23,25)/t12-,15-,16-,17-,20+/m0/s1. The molecule has 5 atom stereocenters. The van der Waals surface area contributed by atoms with E-state index in [4.69, 9.17) is 24.7 Å². The summed E-state index contributed by atoms with van der Waals surface area (Å²) in [6.07, 6.45) is -2.20. The topological polar surface area (TPSA) is 186 Å². The second-order valence-electron chi connectivity index (χ2n) is 7.61. The summed E-state index contributed by atoms with van der Waals surface area (Å²) in [6, 6.07) is 4.52. The molecule has 0 amide bonds. The zero-order valence-corrected chi connectivity index (χ0v) is 18.4. The van der Waals surface area contributed by atoms with Crippen LogP contribution in [-0.4, -0.2) is 88.3 Å². The monoisotopic (exact) mass is 464 g/mol. The van der Waals surface area contributed by atoms with Crippen LogP contribution in [0.2, 0.25) is 0 Å². The summed E-state index contributed by atoms with van der Waals surface area (Å²) in [5.41, 5.74) is 4.89. The van der Waals surface area contributed by atoms with Gasteiger partial charge in [-0.2, -0.15) is 10.4 Å². The van der Waals surface area contributed by atoms with Crippen molar-refractivity contribution in [1.29, 1.82) is 5.26 Å². The number of nitrogen functional groups attached to an aromatic ring is 1. The van der Waals surface area contributed by atoms with Gasteiger partial charge in [0, 0.05) is 20.1 Å². The molecule has 180 valence electrons. The lowest BCUT2D eigenvalue weighted by Gasteiger charge is -2.24. The molecule has 1 aliphatic heterocycles. The fourth-order valence-corrected chi connectivity index (χ4v) is 3.45. The molecule has 3 heterocycles. The quantitative estimate of drug-likeness (QED) is 0.179. The molecule has 1 fully saturated rings. The molecule has 1 aliphatic rings. The minimum atomic E-state index is -1.83. The highest BCUT2D eigenvalue weighted by molar-refractivity contribution is 5.75. The molecule has 0 unspecified atom stereocenters. The van der Waals surface area contributed by atoms with E-state index < -0.39 is 35.9 Å². The van der Waals surface area contributed by atoms with Gasteiger partial charge in [0.15, 0.2) is 5.82 Å². The third-order valence-electron chi connectivity index (χ3n) is 5.34. The molecule has 13 heteroatoms. The van der Waals surface area contributed by atoms with Gasteiger partial charge in [0.05, 0.1) is 25.6 Å². The number of esters is 1. The molecule has 13 nitrogen and oxygen atoms in total. The Hall–Kier alpha value is -2.86. The van der Waals surface area contributed by atoms with Crippen LogP contribution >= 0.6 is 0 Å². The molecule has 1 saturated heterocycles. The maximum atomic E-state index is 11.9. The van der Waals surface area contributed by atoms with Gasteiger partial charge in [0.1, 0.15) is 42.3 Å². The summed E-state index contributed by atoms with van der Waals surface area (Å²) in [6.45, 7) is 1.85. The van der Waals surface area contributed by atoms with E-state index in [1.165, 1.54) is 10.8 Å². The number of rotatable bonds is 11. The van der Waals surface area contributed by atoms with Crippen molar-refractivity contribution in [3.63, 3.8) is 0 Å². The SMILES string of the molecule is COCCCOC(=O)[C@H](C)NCOC[C@@]1(C#N)O[C@@H](c2ccc3c(N)ncnn23)[C@H](O)[C@@H]1O. The number of carbonyl (C=O) groups is 1. The zero-order chi connectivity index (χ0) is 24.0. The highest BCUT2D eigenvalue weighted by atomic mass is 16.6. The van der Waals surface area contributed by atoms with Crippen LogP contribution in [0.5, 0.6) is 0 Å². The number of anilines is 1. The fraction of sp³-hybridized carbons (Fsp3) is 0.600. The first-order chi connectivity index (χ1) is 15.8.